The van der Waals surface area contributed by atoms with E-state index < -0.39 is 0 Å². The number of hydrogen-bond acceptors (Lipinski definition) is 6. The maximum Gasteiger partial charge on any atom is 0.315 e. The maximum atomic E-state index is 5.57. The van der Waals surface area contributed by atoms with Crippen LogP contribution in [0.4, 0.5) is 6.01 Å². The quantitative estimate of drug-likeness (QED) is 0.733. The van der Waals surface area contributed by atoms with Gasteiger partial charge < -0.3 is 19.8 Å². The molecule has 0 spiro atoms. The first-order chi connectivity index (χ1) is 9.20. The number of hydrogen-bond donors (Lipinski definition) is 2. The Kier molecular flexibility index (Phi) is 5.15. The Bertz CT molecular complexity index is 382. The van der Waals surface area contributed by atoms with Gasteiger partial charge in [-0.3, -0.25) is 0 Å². The molecule has 0 aliphatic heterocycles. The van der Waals surface area contributed by atoms with Crippen molar-refractivity contribution in [3.63, 3.8) is 0 Å². The molecule has 19 heavy (non-hydrogen) atoms. The molecule has 0 radical (unpaired) electrons. The SMILES string of the molecule is COCCNCc1nnc(NC2CCC(C)C2C)o1. The van der Waals surface area contributed by atoms with Crippen LogP contribution in [0.3, 0.4) is 0 Å². The van der Waals surface area contributed by atoms with Gasteiger partial charge >= 0.3 is 6.01 Å². The average molecular weight is 268 g/mol. The van der Waals surface area contributed by atoms with Gasteiger partial charge in [-0.05, 0) is 24.7 Å². The lowest BCUT2D eigenvalue weighted by atomic mass is 9.98. The van der Waals surface area contributed by atoms with Crippen LogP contribution in [0.5, 0.6) is 0 Å². The van der Waals surface area contributed by atoms with Gasteiger partial charge in [0.2, 0.25) is 5.89 Å². The smallest absolute Gasteiger partial charge is 0.315 e. The molecule has 108 valence electrons. The van der Waals surface area contributed by atoms with Gasteiger partial charge in [-0.2, -0.15) is 0 Å². The first-order valence-corrected chi connectivity index (χ1v) is 6.99. The molecule has 1 aromatic rings. The molecular weight excluding hydrogens is 244 g/mol. The van der Waals surface area contributed by atoms with Gasteiger partial charge in [-0.25, -0.2) is 0 Å². The van der Waals surface area contributed by atoms with Crippen LogP contribution in [0.1, 0.15) is 32.6 Å². The van der Waals surface area contributed by atoms with Gasteiger partial charge in [-0.1, -0.05) is 18.9 Å². The minimum Gasteiger partial charge on any atom is -0.407 e. The highest BCUT2D eigenvalue weighted by atomic mass is 16.5. The molecule has 3 unspecified atom stereocenters. The van der Waals surface area contributed by atoms with Crippen LogP contribution in [0.25, 0.3) is 0 Å². The molecule has 0 amide bonds. The van der Waals surface area contributed by atoms with Crippen LogP contribution in [0, 0.1) is 11.8 Å². The van der Waals surface area contributed by atoms with Gasteiger partial charge in [0, 0.05) is 19.7 Å². The molecule has 0 saturated heterocycles. The van der Waals surface area contributed by atoms with Crippen molar-refractivity contribution in [3.8, 4) is 0 Å². The fourth-order valence-corrected chi connectivity index (χ4v) is 2.48. The number of nitrogens with one attached hydrogen (secondary N) is 2. The summed E-state index contributed by atoms with van der Waals surface area (Å²) in [5.74, 6) is 2.02. The van der Waals surface area contributed by atoms with Crippen LogP contribution >= 0.6 is 0 Å². The van der Waals surface area contributed by atoms with Crippen LogP contribution in [0.15, 0.2) is 4.42 Å². The second-order valence-electron chi connectivity index (χ2n) is 5.34. The largest absolute Gasteiger partial charge is 0.407 e. The van der Waals surface area contributed by atoms with Crippen molar-refractivity contribution in [1.82, 2.24) is 15.5 Å². The third kappa shape index (κ3) is 3.91. The molecule has 1 heterocycles. The fraction of sp³-hybridized carbons (Fsp3) is 0.846. The molecule has 0 aromatic carbocycles. The van der Waals surface area contributed by atoms with Crippen molar-refractivity contribution in [2.24, 2.45) is 11.8 Å². The number of nitrogens with zero attached hydrogens (tertiary/aromatic N) is 2. The zero-order valence-electron chi connectivity index (χ0n) is 12.0. The summed E-state index contributed by atoms with van der Waals surface area (Å²) in [5, 5.41) is 14.6. The first-order valence-electron chi connectivity index (χ1n) is 6.99. The van der Waals surface area contributed by atoms with E-state index in [-0.39, 0.29) is 0 Å². The summed E-state index contributed by atoms with van der Waals surface area (Å²) in [6, 6.07) is 0.985. The lowest BCUT2D eigenvalue weighted by Gasteiger charge is -2.17. The predicted octanol–water partition coefficient (Wildman–Crippen LogP) is 1.65. The van der Waals surface area contributed by atoms with E-state index in [9.17, 15) is 0 Å². The van der Waals surface area contributed by atoms with Crippen LogP contribution < -0.4 is 10.6 Å². The standard InChI is InChI=1S/C13H24N4O2/c1-9-4-5-11(10(9)2)15-13-17-16-12(19-13)8-14-6-7-18-3/h9-11,14H,4-8H2,1-3H3,(H,15,17). The molecule has 1 aliphatic carbocycles. The molecular formula is C13H24N4O2. The van der Waals surface area contributed by atoms with E-state index in [2.05, 4.69) is 34.7 Å². The molecule has 3 atom stereocenters. The molecule has 1 aromatic heterocycles. The third-order valence-electron chi connectivity index (χ3n) is 4.00. The molecule has 1 saturated carbocycles. The molecule has 0 bridgehead atoms. The highest BCUT2D eigenvalue weighted by Gasteiger charge is 2.30. The first kappa shape index (κ1) is 14.3. The van der Waals surface area contributed by atoms with Crippen LogP contribution in [0.2, 0.25) is 0 Å². The summed E-state index contributed by atoms with van der Waals surface area (Å²) in [4.78, 5) is 0. The Hall–Kier alpha value is -1.14. The minimum atomic E-state index is 0.449. The molecule has 2 rings (SSSR count). The Labute approximate surface area is 114 Å². The second kappa shape index (κ2) is 6.86. The van der Waals surface area contributed by atoms with E-state index in [1.54, 1.807) is 7.11 Å². The Balaban J connectivity index is 1.77. The van der Waals surface area contributed by atoms with Crippen molar-refractivity contribution >= 4 is 6.01 Å². The van der Waals surface area contributed by atoms with Gasteiger partial charge in [0.25, 0.3) is 0 Å². The normalized spacial score (nSPS) is 26.8. The van der Waals surface area contributed by atoms with Gasteiger partial charge in [-0.15, -0.1) is 5.10 Å². The molecule has 6 nitrogen and oxygen atoms in total. The van der Waals surface area contributed by atoms with Gasteiger partial charge in [0.15, 0.2) is 0 Å². The van der Waals surface area contributed by atoms with Crippen molar-refractivity contribution in [2.75, 3.05) is 25.6 Å². The highest BCUT2D eigenvalue weighted by Crippen LogP contribution is 2.32. The lowest BCUT2D eigenvalue weighted by molar-refractivity contribution is 0.198. The Morgan fingerprint density at radius 3 is 2.84 bits per heavy atom. The van der Waals surface area contributed by atoms with E-state index in [0.29, 0.717) is 37.0 Å². The molecule has 6 heteroatoms. The summed E-state index contributed by atoms with van der Waals surface area (Å²) >= 11 is 0. The van der Waals surface area contributed by atoms with Gasteiger partial charge in [0.1, 0.15) is 0 Å². The lowest BCUT2D eigenvalue weighted by Crippen LogP contribution is -2.24. The Morgan fingerprint density at radius 1 is 1.32 bits per heavy atom. The van der Waals surface area contributed by atoms with E-state index >= 15 is 0 Å². The second-order valence-corrected chi connectivity index (χ2v) is 5.34. The van der Waals surface area contributed by atoms with E-state index in [1.807, 2.05) is 0 Å². The number of rotatable bonds is 7. The van der Waals surface area contributed by atoms with Crippen molar-refractivity contribution in [2.45, 2.75) is 39.3 Å². The summed E-state index contributed by atoms with van der Waals surface area (Å²) < 4.78 is 10.5. The number of aromatic nitrogens is 2. The molecule has 2 N–H and O–H groups in total. The molecule has 1 fully saturated rings. The summed E-state index contributed by atoms with van der Waals surface area (Å²) in [6.07, 6.45) is 2.44. The van der Waals surface area contributed by atoms with Crippen molar-refractivity contribution in [3.05, 3.63) is 5.89 Å². The van der Waals surface area contributed by atoms with E-state index in [4.69, 9.17) is 9.15 Å². The fourth-order valence-electron chi connectivity index (χ4n) is 2.48. The van der Waals surface area contributed by atoms with Crippen LogP contribution in [-0.4, -0.2) is 36.5 Å². The molecule has 1 aliphatic rings. The van der Waals surface area contributed by atoms with Crippen molar-refractivity contribution < 1.29 is 9.15 Å². The van der Waals surface area contributed by atoms with Crippen molar-refractivity contribution in [1.29, 1.82) is 0 Å². The minimum absolute atomic E-state index is 0.449. The summed E-state index contributed by atoms with van der Waals surface area (Å²) in [5.41, 5.74) is 0. The number of methoxy groups -OCH3 is 1. The van der Waals surface area contributed by atoms with E-state index in [0.717, 1.165) is 12.5 Å². The third-order valence-corrected chi connectivity index (χ3v) is 4.00. The monoisotopic (exact) mass is 268 g/mol. The average Bonchev–Trinajstić information content (AvgIpc) is 2.97. The number of anilines is 1. The zero-order valence-corrected chi connectivity index (χ0v) is 12.0. The van der Waals surface area contributed by atoms with E-state index in [1.165, 1.54) is 12.8 Å². The topological polar surface area (TPSA) is 72.2 Å². The highest BCUT2D eigenvalue weighted by molar-refractivity contribution is 5.21. The maximum absolute atomic E-state index is 5.57. The van der Waals surface area contributed by atoms with Crippen LogP contribution in [-0.2, 0) is 11.3 Å². The predicted molar refractivity (Wildman–Crippen MR) is 72.9 cm³/mol. The Morgan fingerprint density at radius 2 is 2.16 bits per heavy atom. The van der Waals surface area contributed by atoms with Gasteiger partial charge in [0.05, 0.1) is 13.2 Å². The number of ether oxygens (including phenoxy) is 1. The summed E-state index contributed by atoms with van der Waals surface area (Å²) in [6.45, 7) is 6.61. The summed E-state index contributed by atoms with van der Waals surface area (Å²) in [7, 11) is 1.68. The zero-order chi connectivity index (χ0) is 13.7.